The maximum atomic E-state index is 13.5. The molecule has 1 unspecified atom stereocenters. The van der Waals surface area contributed by atoms with Gasteiger partial charge in [-0.15, -0.1) is 0 Å². The highest BCUT2D eigenvalue weighted by Gasteiger charge is 2.53. The van der Waals surface area contributed by atoms with E-state index in [1.165, 1.54) is 6.07 Å². The maximum absolute atomic E-state index is 13.5. The van der Waals surface area contributed by atoms with Crippen molar-refractivity contribution in [3.63, 3.8) is 0 Å². The molecule has 0 aromatic carbocycles. The van der Waals surface area contributed by atoms with Crippen LogP contribution in [0.15, 0.2) is 12.1 Å². The molecule has 0 aliphatic carbocycles. The molecule has 0 bridgehead atoms. The van der Waals surface area contributed by atoms with Crippen LogP contribution in [0.5, 0.6) is 0 Å². The van der Waals surface area contributed by atoms with E-state index in [2.05, 4.69) is 4.98 Å². The van der Waals surface area contributed by atoms with Crippen molar-refractivity contribution in [2.24, 2.45) is 0 Å². The summed E-state index contributed by atoms with van der Waals surface area (Å²) in [6.45, 7) is 8.16. The van der Waals surface area contributed by atoms with Crippen molar-refractivity contribution in [3.05, 3.63) is 23.4 Å². The Bertz CT molecular complexity index is 611. The smallest absolute Gasteiger partial charge is 0.398 e. The van der Waals surface area contributed by atoms with Crippen molar-refractivity contribution in [1.29, 1.82) is 0 Å². The molecular formula is C16H21BF3NO3. The van der Waals surface area contributed by atoms with Crippen LogP contribution < -0.4 is 5.59 Å². The first-order valence-corrected chi connectivity index (χ1v) is 8.03. The van der Waals surface area contributed by atoms with Crippen molar-refractivity contribution in [3.8, 4) is 0 Å². The highest BCUT2D eigenvalue weighted by Crippen LogP contribution is 2.38. The molecule has 4 nitrogen and oxygen atoms in total. The van der Waals surface area contributed by atoms with Crippen LogP contribution in [0.4, 0.5) is 13.2 Å². The van der Waals surface area contributed by atoms with Gasteiger partial charge in [-0.2, -0.15) is 13.2 Å². The van der Waals surface area contributed by atoms with Gasteiger partial charge in [0, 0.05) is 12.5 Å². The predicted molar refractivity (Wildman–Crippen MR) is 83.1 cm³/mol. The zero-order valence-electron chi connectivity index (χ0n) is 14.2. The van der Waals surface area contributed by atoms with Crippen LogP contribution in [0.3, 0.4) is 0 Å². The van der Waals surface area contributed by atoms with Crippen molar-refractivity contribution in [2.75, 3.05) is 13.2 Å². The Morgan fingerprint density at radius 3 is 2.25 bits per heavy atom. The maximum Gasteiger partial charge on any atom is 0.514 e. The molecule has 0 saturated carbocycles. The Hall–Kier alpha value is -1.12. The second-order valence-electron chi connectivity index (χ2n) is 7.32. The number of rotatable bonds is 2. The molecule has 2 fully saturated rings. The third-order valence-corrected chi connectivity index (χ3v) is 5.08. The minimum absolute atomic E-state index is 0.142. The minimum Gasteiger partial charge on any atom is -0.398 e. The largest absolute Gasteiger partial charge is 0.514 e. The van der Waals surface area contributed by atoms with Crippen LogP contribution in [0, 0.1) is 0 Å². The normalized spacial score (nSPS) is 26.1. The quantitative estimate of drug-likeness (QED) is 0.775. The van der Waals surface area contributed by atoms with Crippen LogP contribution in [0.1, 0.15) is 51.3 Å². The van der Waals surface area contributed by atoms with Crippen LogP contribution in [0.2, 0.25) is 0 Å². The lowest BCUT2D eigenvalue weighted by Gasteiger charge is -2.32. The van der Waals surface area contributed by atoms with Gasteiger partial charge in [0.1, 0.15) is 5.69 Å². The van der Waals surface area contributed by atoms with Gasteiger partial charge in [0.25, 0.3) is 0 Å². The van der Waals surface area contributed by atoms with E-state index < -0.39 is 30.2 Å². The first-order chi connectivity index (χ1) is 11.0. The number of alkyl halides is 3. The van der Waals surface area contributed by atoms with Gasteiger partial charge in [-0.3, -0.25) is 4.98 Å². The molecular weight excluding hydrogens is 322 g/mol. The molecule has 0 amide bonds. The van der Waals surface area contributed by atoms with E-state index in [0.717, 1.165) is 0 Å². The summed E-state index contributed by atoms with van der Waals surface area (Å²) >= 11 is 0. The molecule has 3 heterocycles. The monoisotopic (exact) mass is 343 g/mol. The number of halogens is 3. The lowest BCUT2D eigenvalue weighted by atomic mass is 9.82. The molecule has 2 aliphatic rings. The molecule has 0 N–H and O–H groups in total. The van der Waals surface area contributed by atoms with Crippen LogP contribution in [-0.4, -0.2) is 36.5 Å². The molecule has 1 aromatic rings. The van der Waals surface area contributed by atoms with Gasteiger partial charge in [-0.1, -0.05) is 6.07 Å². The standard InChI is InChI=1S/C16H21BF3NO3/c1-14(2)15(3,4)24-17(23-14)12-6-5-11(10-7-8-22-9-10)13(21-12)16(18,19)20/h5-6,10H,7-9H2,1-4H3. The van der Waals surface area contributed by atoms with Crippen molar-refractivity contribution < 1.29 is 27.2 Å². The van der Waals surface area contributed by atoms with Crippen LogP contribution in [-0.2, 0) is 20.2 Å². The number of ether oxygens (including phenoxy) is 1. The summed E-state index contributed by atoms with van der Waals surface area (Å²) in [5, 5.41) is 0. The van der Waals surface area contributed by atoms with E-state index in [9.17, 15) is 13.2 Å². The summed E-state index contributed by atoms with van der Waals surface area (Å²) in [5.41, 5.74) is -1.81. The highest BCUT2D eigenvalue weighted by atomic mass is 19.4. The first-order valence-electron chi connectivity index (χ1n) is 8.03. The van der Waals surface area contributed by atoms with E-state index in [4.69, 9.17) is 14.0 Å². The van der Waals surface area contributed by atoms with E-state index in [-0.39, 0.29) is 17.1 Å². The molecule has 0 spiro atoms. The third kappa shape index (κ3) is 3.07. The molecule has 2 saturated heterocycles. The fourth-order valence-corrected chi connectivity index (χ4v) is 2.92. The van der Waals surface area contributed by atoms with Crippen LogP contribution >= 0.6 is 0 Å². The second kappa shape index (κ2) is 5.71. The van der Waals surface area contributed by atoms with Gasteiger partial charge in [0.2, 0.25) is 0 Å². The Morgan fingerprint density at radius 1 is 1.12 bits per heavy atom. The fraction of sp³-hybridized carbons (Fsp3) is 0.688. The average molecular weight is 343 g/mol. The Labute approximate surface area is 139 Å². The number of hydrogen-bond donors (Lipinski definition) is 0. The predicted octanol–water partition coefficient (Wildman–Crippen LogP) is 2.90. The molecule has 2 aliphatic heterocycles. The molecule has 8 heteroatoms. The summed E-state index contributed by atoms with van der Waals surface area (Å²) in [5.74, 6) is -0.276. The summed E-state index contributed by atoms with van der Waals surface area (Å²) in [7, 11) is -0.912. The van der Waals surface area contributed by atoms with E-state index in [1.807, 2.05) is 27.7 Å². The molecule has 24 heavy (non-hydrogen) atoms. The van der Waals surface area contributed by atoms with Crippen LogP contribution in [0.25, 0.3) is 0 Å². The molecule has 132 valence electrons. The van der Waals surface area contributed by atoms with Gasteiger partial charge in [-0.05, 0) is 45.7 Å². The second-order valence-corrected chi connectivity index (χ2v) is 7.32. The first kappa shape index (κ1) is 17.7. The van der Waals surface area contributed by atoms with Crippen molar-refractivity contribution in [2.45, 2.75) is 57.4 Å². The van der Waals surface area contributed by atoms with Crippen molar-refractivity contribution in [1.82, 2.24) is 4.98 Å². The number of nitrogens with zero attached hydrogens (tertiary/aromatic N) is 1. The van der Waals surface area contributed by atoms with Gasteiger partial charge < -0.3 is 14.0 Å². The Balaban J connectivity index is 1.97. The minimum atomic E-state index is -4.53. The summed E-state index contributed by atoms with van der Waals surface area (Å²) < 4.78 is 57.3. The lowest BCUT2D eigenvalue weighted by Crippen LogP contribution is -2.41. The zero-order valence-corrected chi connectivity index (χ0v) is 14.2. The van der Waals surface area contributed by atoms with E-state index in [0.29, 0.717) is 19.6 Å². The fourth-order valence-electron chi connectivity index (χ4n) is 2.92. The van der Waals surface area contributed by atoms with Gasteiger partial charge >= 0.3 is 13.3 Å². The zero-order chi connectivity index (χ0) is 17.8. The Morgan fingerprint density at radius 2 is 1.75 bits per heavy atom. The molecule has 1 atom stereocenters. The van der Waals surface area contributed by atoms with E-state index >= 15 is 0 Å². The SMILES string of the molecule is CC1(C)OB(c2ccc(C3CCOC3)c(C(F)(F)F)n2)OC1(C)C. The van der Waals surface area contributed by atoms with Gasteiger partial charge in [-0.25, -0.2) is 0 Å². The molecule has 1 aromatic heterocycles. The molecule has 0 radical (unpaired) electrons. The average Bonchev–Trinajstić information content (AvgIpc) is 3.04. The summed E-state index contributed by atoms with van der Waals surface area (Å²) in [6.07, 6.45) is -3.96. The number of hydrogen-bond acceptors (Lipinski definition) is 4. The van der Waals surface area contributed by atoms with Gasteiger partial charge in [0.05, 0.1) is 23.4 Å². The third-order valence-electron chi connectivity index (χ3n) is 5.08. The molecule has 3 rings (SSSR count). The lowest BCUT2D eigenvalue weighted by molar-refractivity contribution is -0.141. The Kier molecular flexibility index (Phi) is 4.21. The topological polar surface area (TPSA) is 40.6 Å². The number of aromatic nitrogens is 1. The van der Waals surface area contributed by atoms with Gasteiger partial charge in [0.15, 0.2) is 0 Å². The number of pyridine rings is 1. The van der Waals surface area contributed by atoms with Crippen molar-refractivity contribution >= 4 is 12.7 Å². The highest BCUT2D eigenvalue weighted by molar-refractivity contribution is 6.61. The summed E-state index contributed by atoms with van der Waals surface area (Å²) in [6, 6.07) is 3.04. The summed E-state index contributed by atoms with van der Waals surface area (Å²) in [4.78, 5) is 3.87. The van der Waals surface area contributed by atoms with E-state index in [1.54, 1.807) is 6.07 Å².